The van der Waals surface area contributed by atoms with E-state index >= 15 is 0 Å². The molecule has 0 aromatic carbocycles. The van der Waals surface area contributed by atoms with Crippen molar-refractivity contribution in [3.8, 4) is 0 Å². The van der Waals surface area contributed by atoms with Crippen LogP contribution in [0.5, 0.6) is 0 Å². The Labute approximate surface area is 154 Å². The van der Waals surface area contributed by atoms with Gasteiger partial charge in [-0.05, 0) is 37.1 Å². The summed E-state index contributed by atoms with van der Waals surface area (Å²) in [5, 5.41) is 8.39. The van der Waals surface area contributed by atoms with Crippen LogP contribution in [0.25, 0.3) is 0 Å². The minimum atomic E-state index is -3.39. The number of nitrogens with one attached hydrogen (secondary N) is 3. The maximum Gasteiger partial charge on any atom is 0.250 e. The number of hydrogen-bond donors (Lipinski definition) is 3. The molecule has 9 heteroatoms. The minimum Gasteiger partial charge on any atom is -0.355 e. The number of likely N-dealkylation sites (tertiary alicyclic amines) is 1. The van der Waals surface area contributed by atoms with E-state index in [0.717, 1.165) is 37.9 Å². The predicted molar refractivity (Wildman–Crippen MR) is 102 cm³/mol. The fourth-order valence-corrected chi connectivity index (χ4v) is 5.16. The zero-order chi connectivity index (χ0) is 17.7. The highest BCUT2D eigenvalue weighted by molar-refractivity contribution is 7.91. The van der Waals surface area contributed by atoms with Gasteiger partial charge in [0.05, 0.1) is 0 Å². The van der Waals surface area contributed by atoms with Crippen molar-refractivity contribution in [3.05, 3.63) is 17.5 Å². The van der Waals surface area contributed by atoms with Crippen molar-refractivity contribution in [1.82, 2.24) is 20.3 Å². The molecular formula is C16H27N5O2S2. The third-order valence-corrected chi connectivity index (χ3v) is 7.49. The Morgan fingerprint density at radius 2 is 2.04 bits per heavy atom. The number of hydrogen-bond acceptors (Lipinski definition) is 5. The average Bonchev–Trinajstić information content (AvgIpc) is 3.30. The molecule has 0 spiro atoms. The number of thiophene rings is 1. The molecule has 25 heavy (non-hydrogen) atoms. The monoisotopic (exact) mass is 385 g/mol. The molecule has 1 aliphatic heterocycles. The van der Waals surface area contributed by atoms with Gasteiger partial charge < -0.3 is 15.5 Å². The first kappa shape index (κ1) is 18.6. The topological polar surface area (TPSA) is 85.8 Å². The third kappa shape index (κ3) is 5.40. The van der Waals surface area contributed by atoms with E-state index < -0.39 is 10.0 Å². The fraction of sp³-hybridized carbons (Fsp3) is 0.688. The Morgan fingerprint density at radius 3 is 2.64 bits per heavy atom. The van der Waals surface area contributed by atoms with Gasteiger partial charge in [0, 0.05) is 45.3 Å². The summed E-state index contributed by atoms with van der Waals surface area (Å²) in [6.07, 6.45) is 4.98. The van der Waals surface area contributed by atoms with Crippen LogP contribution in [-0.4, -0.2) is 64.6 Å². The molecular weight excluding hydrogens is 358 g/mol. The molecule has 1 aromatic rings. The van der Waals surface area contributed by atoms with Crippen molar-refractivity contribution in [2.75, 3.05) is 33.2 Å². The third-order valence-electron chi connectivity index (χ3n) is 4.63. The van der Waals surface area contributed by atoms with Crippen molar-refractivity contribution < 1.29 is 8.42 Å². The second-order valence-corrected chi connectivity index (χ2v) is 9.46. The van der Waals surface area contributed by atoms with E-state index in [0.29, 0.717) is 23.3 Å². The smallest absolute Gasteiger partial charge is 0.250 e. The molecule has 3 rings (SSSR count). The van der Waals surface area contributed by atoms with Gasteiger partial charge in [-0.25, -0.2) is 13.1 Å². The fourth-order valence-electron chi connectivity index (χ4n) is 3.09. The highest BCUT2D eigenvalue weighted by atomic mass is 32.2. The van der Waals surface area contributed by atoms with E-state index in [1.54, 1.807) is 24.6 Å². The molecule has 140 valence electrons. The van der Waals surface area contributed by atoms with Gasteiger partial charge >= 0.3 is 0 Å². The Hall–Kier alpha value is -1.16. The molecule has 1 saturated heterocycles. The van der Waals surface area contributed by atoms with Crippen molar-refractivity contribution in [2.45, 2.75) is 42.0 Å². The summed E-state index contributed by atoms with van der Waals surface area (Å²) in [6, 6.07) is 4.62. The lowest BCUT2D eigenvalue weighted by molar-refractivity contribution is 0.197. The number of piperidine rings is 1. The predicted octanol–water partition coefficient (Wildman–Crippen LogP) is 0.818. The Balaban J connectivity index is 1.35. The summed E-state index contributed by atoms with van der Waals surface area (Å²) in [5.41, 5.74) is 0. The van der Waals surface area contributed by atoms with Crippen molar-refractivity contribution >= 4 is 27.3 Å². The molecule has 0 atom stereocenters. The first-order valence-corrected chi connectivity index (χ1v) is 11.2. The number of aliphatic imine (C=N–C) groups is 1. The standard InChI is InChI=1S/C16H27N5O2S2/c1-17-16(20-13-6-10-21(11-7-13)14-4-5-14)18-8-9-19-25(22,23)15-3-2-12-24-15/h2-3,12-14,19H,4-11H2,1H3,(H2,17,18,20). The molecule has 0 unspecified atom stereocenters. The van der Waals surface area contributed by atoms with Gasteiger partial charge in [0.2, 0.25) is 10.0 Å². The lowest BCUT2D eigenvalue weighted by Crippen LogP contribution is -2.50. The SMILES string of the molecule is CN=C(NCCNS(=O)(=O)c1cccs1)NC1CCN(C2CC2)CC1. The summed E-state index contributed by atoms with van der Waals surface area (Å²) >= 11 is 1.22. The molecule has 0 bridgehead atoms. The second-order valence-electron chi connectivity index (χ2n) is 6.51. The van der Waals surface area contributed by atoms with Gasteiger partial charge in [0.1, 0.15) is 4.21 Å². The number of guanidine groups is 1. The van der Waals surface area contributed by atoms with Gasteiger partial charge in [-0.1, -0.05) is 6.07 Å². The molecule has 1 aliphatic carbocycles. The van der Waals surface area contributed by atoms with E-state index in [-0.39, 0.29) is 0 Å². The van der Waals surface area contributed by atoms with Crippen LogP contribution in [0.3, 0.4) is 0 Å². The van der Waals surface area contributed by atoms with Crippen molar-refractivity contribution in [2.24, 2.45) is 4.99 Å². The van der Waals surface area contributed by atoms with Gasteiger partial charge in [-0.15, -0.1) is 11.3 Å². The van der Waals surface area contributed by atoms with Crippen LogP contribution >= 0.6 is 11.3 Å². The molecule has 1 aromatic heterocycles. The minimum absolute atomic E-state index is 0.320. The summed E-state index contributed by atoms with van der Waals surface area (Å²) in [4.78, 5) is 6.83. The second kappa shape index (κ2) is 8.48. The Bertz CT molecular complexity index is 663. The maximum atomic E-state index is 12.0. The van der Waals surface area contributed by atoms with E-state index in [1.807, 2.05) is 0 Å². The van der Waals surface area contributed by atoms with Gasteiger partial charge in [0.25, 0.3) is 0 Å². The number of nitrogens with zero attached hydrogens (tertiary/aromatic N) is 2. The highest BCUT2D eigenvalue weighted by Gasteiger charge is 2.31. The summed E-state index contributed by atoms with van der Waals surface area (Å²) in [5.74, 6) is 0.736. The van der Waals surface area contributed by atoms with E-state index in [9.17, 15) is 8.42 Å². The van der Waals surface area contributed by atoms with E-state index in [1.165, 1.54) is 24.2 Å². The maximum absolute atomic E-state index is 12.0. The molecule has 7 nitrogen and oxygen atoms in total. The molecule has 1 saturated carbocycles. The molecule has 3 N–H and O–H groups in total. The highest BCUT2D eigenvalue weighted by Crippen LogP contribution is 2.29. The van der Waals surface area contributed by atoms with Crippen LogP contribution in [0.1, 0.15) is 25.7 Å². The molecule has 0 amide bonds. The molecule has 2 heterocycles. The lowest BCUT2D eigenvalue weighted by atomic mass is 10.1. The first-order chi connectivity index (χ1) is 12.1. The average molecular weight is 386 g/mol. The largest absolute Gasteiger partial charge is 0.355 e. The van der Waals surface area contributed by atoms with Crippen molar-refractivity contribution in [3.63, 3.8) is 0 Å². The van der Waals surface area contributed by atoms with Crippen LogP contribution < -0.4 is 15.4 Å². The summed E-state index contributed by atoms with van der Waals surface area (Å²) in [6.45, 7) is 3.12. The quantitative estimate of drug-likeness (QED) is 0.368. The summed E-state index contributed by atoms with van der Waals surface area (Å²) in [7, 11) is -1.65. The zero-order valence-corrected chi connectivity index (χ0v) is 16.2. The van der Waals surface area contributed by atoms with Gasteiger partial charge in [-0.3, -0.25) is 4.99 Å². The van der Waals surface area contributed by atoms with Crippen LogP contribution in [-0.2, 0) is 10.0 Å². The van der Waals surface area contributed by atoms with E-state index in [2.05, 4.69) is 25.2 Å². The normalized spacial score (nSPS) is 20.6. The molecule has 2 fully saturated rings. The zero-order valence-electron chi connectivity index (χ0n) is 14.6. The number of rotatable bonds is 7. The number of sulfonamides is 1. The summed E-state index contributed by atoms with van der Waals surface area (Å²) < 4.78 is 27.0. The Kier molecular flexibility index (Phi) is 6.32. The van der Waals surface area contributed by atoms with Gasteiger partial charge in [-0.2, -0.15) is 0 Å². The van der Waals surface area contributed by atoms with Crippen molar-refractivity contribution in [1.29, 1.82) is 0 Å². The first-order valence-electron chi connectivity index (χ1n) is 8.83. The van der Waals surface area contributed by atoms with Crippen LogP contribution in [0.4, 0.5) is 0 Å². The van der Waals surface area contributed by atoms with Crippen LogP contribution in [0.2, 0.25) is 0 Å². The van der Waals surface area contributed by atoms with E-state index in [4.69, 9.17) is 0 Å². The van der Waals surface area contributed by atoms with Crippen LogP contribution in [0, 0.1) is 0 Å². The van der Waals surface area contributed by atoms with Gasteiger partial charge in [0.15, 0.2) is 5.96 Å². The molecule has 0 radical (unpaired) electrons. The molecule has 2 aliphatic rings. The Morgan fingerprint density at radius 1 is 1.28 bits per heavy atom. The lowest BCUT2D eigenvalue weighted by Gasteiger charge is -2.33. The van der Waals surface area contributed by atoms with Crippen LogP contribution in [0.15, 0.2) is 26.7 Å².